The lowest BCUT2D eigenvalue weighted by molar-refractivity contribution is 0.730. The average Bonchev–Trinajstić information content (AvgIpc) is 2.31. The highest BCUT2D eigenvalue weighted by atomic mass is 35.5. The van der Waals surface area contributed by atoms with Crippen molar-refractivity contribution in [1.82, 2.24) is 4.98 Å². The van der Waals surface area contributed by atoms with Crippen molar-refractivity contribution in [2.75, 3.05) is 18.5 Å². The van der Waals surface area contributed by atoms with Gasteiger partial charge in [0.2, 0.25) is 0 Å². The summed E-state index contributed by atoms with van der Waals surface area (Å²) in [7, 11) is 2.03. The maximum absolute atomic E-state index is 12.3. The lowest BCUT2D eigenvalue weighted by atomic mass is 10.0. The van der Waals surface area contributed by atoms with E-state index in [-0.39, 0.29) is 17.8 Å². The van der Waals surface area contributed by atoms with Crippen LogP contribution in [-0.2, 0) is 6.42 Å². The van der Waals surface area contributed by atoms with Crippen molar-refractivity contribution in [3.63, 3.8) is 0 Å². The zero-order valence-electron chi connectivity index (χ0n) is 9.69. The van der Waals surface area contributed by atoms with Crippen molar-refractivity contribution in [1.29, 1.82) is 0 Å². The molecule has 4 heteroatoms. The van der Waals surface area contributed by atoms with Gasteiger partial charge in [0, 0.05) is 24.5 Å². The van der Waals surface area contributed by atoms with E-state index in [1.54, 1.807) is 0 Å². The molecule has 0 spiro atoms. The highest BCUT2D eigenvalue weighted by Gasteiger charge is 2.18. The molecule has 0 saturated carbocycles. The summed E-state index contributed by atoms with van der Waals surface area (Å²) in [6.07, 6.45) is 1.95. The molecule has 0 aliphatic carbocycles. The minimum Gasteiger partial charge on any atom is -0.361 e. The summed E-state index contributed by atoms with van der Waals surface area (Å²) in [6.45, 7) is 1.02. The molecular formula is C13H15ClN2O. The zero-order valence-corrected chi connectivity index (χ0v) is 10.5. The third kappa shape index (κ3) is 1.80. The fourth-order valence-corrected chi connectivity index (χ4v) is 2.43. The number of para-hydroxylation sites is 1. The SMILES string of the molecule is CN1CCCc2c1[nH]c1ccccc1c2=O.Cl. The van der Waals surface area contributed by atoms with Gasteiger partial charge in [0.15, 0.2) is 5.43 Å². The summed E-state index contributed by atoms with van der Waals surface area (Å²) in [4.78, 5) is 17.8. The van der Waals surface area contributed by atoms with Crippen molar-refractivity contribution < 1.29 is 0 Å². The molecule has 0 unspecified atom stereocenters. The van der Waals surface area contributed by atoms with Crippen LogP contribution in [0.15, 0.2) is 29.1 Å². The van der Waals surface area contributed by atoms with Crippen LogP contribution in [0.25, 0.3) is 10.9 Å². The molecule has 1 aliphatic heterocycles. The number of rotatable bonds is 0. The van der Waals surface area contributed by atoms with Crippen LogP contribution in [0.3, 0.4) is 0 Å². The molecule has 2 aromatic rings. The Morgan fingerprint density at radius 3 is 2.88 bits per heavy atom. The van der Waals surface area contributed by atoms with Crippen LogP contribution in [0.2, 0.25) is 0 Å². The van der Waals surface area contributed by atoms with Gasteiger partial charge < -0.3 is 9.88 Å². The quantitative estimate of drug-likeness (QED) is 0.779. The Morgan fingerprint density at radius 1 is 1.29 bits per heavy atom. The monoisotopic (exact) mass is 250 g/mol. The van der Waals surface area contributed by atoms with Gasteiger partial charge in [-0.05, 0) is 25.0 Å². The normalized spacial score (nSPS) is 14.3. The molecule has 1 aromatic heterocycles. The van der Waals surface area contributed by atoms with Crippen LogP contribution in [0.5, 0.6) is 0 Å². The van der Waals surface area contributed by atoms with E-state index in [1.807, 2.05) is 31.3 Å². The molecule has 2 heterocycles. The first-order valence-electron chi connectivity index (χ1n) is 5.62. The Bertz CT molecular complexity index is 606. The van der Waals surface area contributed by atoms with Crippen molar-refractivity contribution in [2.45, 2.75) is 12.8 Å². The molecule has 0 atom stereocenters. The number of H-pyrrole nitrogens is 1. The number of pyridine rings is 1. The minimum absolute atomic E-state index is 0. The minimum atomic E-state index is 0. The molecular weight excluding hydrogens is 236 g/mol. The van der Waals surface area contributed by atoms with E-state index >= 15 is 0 Å². The van der Waals surface area contributed by atoms with Crippen LogP contribution in [0.4, 0.5) is 5.82 Å². The predicted molar refractivity (Wildman–Crippen MR) is 73.4 cm³/mol. The predicted octanol–water partition coefficient (Wildman–Crippen LogP) is 2.33. The first kappa shape index (κ1) is 12.0. The van der Waals surface area contributed by atoms with Gasteiger partial charge in [0.25, 0.3) is 0 Å². The number of aromatic nitrogens is 1. The topological polar surface area (TPSA) is 36.1 Å². The van der Waals surface area contributed by atoms with Gasteiger partial charge in [-0.3, -0.25) is 4.79 Å². The molecule has 0 bridgehead atoms. The van der Waals surface area contributed by atoms with Crippen LogP contribution in [-0.4, -0.2) is 18.6 Å². The van der Waals surface area contributed by atoms with Gasteiger partial charge >= 0.3 is 0 Å². The van der Waals surface area contributed by atoms with Crippen molar-refractivity contribution in [3.8, 4) is 0 Å². The molecule has 0 radical (unpaired) electrons. The molecule has 1 N–H and O–H groups in total. The zero-order chi connectivity index (χ0) is 11.1. The van der Waals surface area contributed by atoms with E-state index in [1.165, 1.54) is 0 Å². The van der Waals surface area contributed by atoms with Crippen LogP contribution in [0.1, 0.15) is 12.0 Å². The highest BCUT2D eigenvalue weighted by molar-refractivity contribution is 5.85. The third-order valence-electron chi connectivity index (χ3n) is 3.29. The Balaban J connectivity index is 0.00000108. The summed E-state index contributed by atoms with van der Waals surface area (Å²) in [6, 6.07) is 7.71. The molecule has 0 saturated heterocycles. The molecule has 17 heavy (non-hydrogen) atoms. The Labute approximate surface area is 106 Å². The van der Waals surface area contributed by atoms with Crippen molar-refractivity contribution in [3.05, 3.63) is 40.1 Å². The smallest absolute Gasteiger partial charge is 0.194 e. The van der Waals surface area contributed by atoms with E-state index in [2.05, 4.69) is 9.88 Å². The lowest BCUT2D eigenvalue weighted by Crippen LogP contribution is -2.30. The van der Waals surface area contributed by atoms with E-state index in [9.17, 15) is 4.79 Å². The highest BCUT2D eigenvalue weighted by Crippen LogP contribution is 2.23. The fourth-order valence-electron chi connectivity index (χ4n) is 2.43. The maximum atomic E-state index is 12.3. The second-order valence-electron chi connectivity index (χ2n) is 4.35. The molecule has 1 aromatic carbocycles. The number of hydrogen-bond donors (Lipinski definition) is 1. The number of fused-ring (bicyclic) bond motifs is 2. The molecule has 3 nitrogen and oxygen atoms in total. The van der Waals surface area contributed by atoms with Crippen LogP contribution >= 0.6 is 12.4 Å². The number of benzene rings is 1. The third-order valence-corrected chi connectivity index (χ3v) is 3.29. The number of anilines is 1. The summed E-state index contributed by atoms with van der Waals surface area (Å²) in [5.41, 5.74) is 2.06. The number of halogens is 1. The lowest BCUT2D eigenvalue weighted by Gasteiger charge is -2.26. The summed E-state index contributed by atoms with van der Waals surface area (Å²) < 4.78 is 0. The van der Waals surface area contributed by atoms with Gasteiger partial charge in [-0.15, -0.1) is 12.4 Å². The Morgan fingerprint density at radius 2 is 2.06 bits per heavy atom. The molecule has 1 aliphatic rings. The van der Waals surface area contributed by atoms with Gasteiger partial charge in [-0.25, -0.2) is 0 Å². The summed E-state index contributed by atoms with van der Waals surface area (Å²) in [5, 5.41) is 0.802. The molecule has 90 valence electrons. The standard InChI is InChI=1S/C13H14N2O.ClH/c1-15-8-4-6-10-12(16)9-5-2-3-7-11(9)14-13(10)15;/h2-3,5,7H,4,6,8H2,1H3,(H,14,16);1H. The van der Waals surface area contributed by atoms with Crippen LogP contribution in [0, 0.1) is 0 Å². The summed E-state index contributed by atoms with van der Waals surface area (Å²) >= 11 is 0. The van der Waals surface area contributed by atoms with E-state index in [0.717, 1.165) is 41.7 Å². The van der Waals surface area contributed by atoms with Gasteiger partial charge in [0.05, 0.1) is 5.52 Å². The number of nitrogens with zero attached hydrogens (tertiary/aromatic N) is 1. The van der Waals surface area contributed by atoms with Gasteiger partial charge in [-0.1, -0.05) is 12.1 Å². The van der Waals surface area contributed by atoms with E-state index in [4.69, 9.17) is 0 Å². The molecule has 3 rings (SSSR count). The second kappa shape index (κ2) is 4.41. The Kier molecular flexibility index (Phi) is 3.11. The van der Waals surface area contributed by atoms with Gasteiger partial charge in [0.1, 0.15) is 5.82 Å². The van der Waals surface area contributed by atoms with Crippen molar-refractivity contribution in [2.24, 2.45) is 0 Å². The van der Waals surface area contributed by atoms with E-state index < -0.39 is 0 Å². The van der Waals surface area contributed by atoms with Crippen LogP contribution < -0.4 is 10.3 Å². The molecule has 0 fully saturated rings. The first-order chi connectivity index (χ1) is 7.77. The fraction of sp³-hybridized carbons (Fsp3) is 0.308. The second-order valence-corrected chi connectivity index (χ2v) is 4.35. The van der Waals surface area contributed by atoms with E-state index in [0.29, 0.717) is 0 Å². The first-order valence-corrected chi connectivity index (χ1v) is 5.62. The number of nitrogens with one attached hydrogen (secondary N) is 1. The van der Waals surface area contributed by atoms with Gasteiger partial charge in [-0.2, -0.15) is 0 Å². The number of aromatic amines is 1. The number of hydrogen-bond acceptors (Lipinski definition) is 2. The average molecular weight is 251 g/mol. The largest absolute Gasteiger partial charge is 0.361 e. The van der Waals surface area contributed by atoms with Crippen molar-refractivity contribution >= 4 is 29.1 Å². The summed E-state index contributed by atoms with van der Waals surface area (Å²) in [5.74, 6) is 0.995. The Hall–Kier alpha value is -1.48. The molecule has 0 amide bonds. The maximum Gasteiger partial charge on any atom is 0.194 e.